The number of fused-ring (bicyclic) bond motifs is 1. The van der Waals surface area contributed by atoms with Crippen LogP contribution in [0.25, 0.3) is 10.9 Å². The van der Waals surface area contributed by atoms with Crippen molar-refractivity contribution in [2.45, 2.75) is 52.4 Å². The van der Waals surface area contributed by atoms with Crippen molar-refractivity contribution in [3.8, 4) is 5.88 Å². The lowest BCUT2D eigenvalue weighted by atomic mass is 10.1. The van der Waals surface area contributed by atoms with E-state index in [4.69, 9.17) is 4.74 Å². The number of rotatable bonds is 13. The van der Waals surface area contributed by atoms with E-state index in [9.17, 15) is 9.18 Å². The number of pyridine rings is 1. The molecule has 1 N–H and O–H groups in total. The Morgan fingerprint density at radius 1 is 1.10 bits per heavy atom. The van der Waals surface area contributed by atoms with Gasteiger partial charge in [-0.2, -0.15) is 0 Å². The van der Waals surface area contributed by atoms with Crippen LogP contribution in [0.15, 0.2) is 60.5 Å². The first-order chi connectivity index (χ1) is 14.6. The molecule has 1 aromatic heterocycles. The zero-order valence-electron chi connectivity index (χ0n) is 18.1. The van der Waals surface area contributed by atoms with Crippen LogP contribution in [0.4, 0.5) is 4.39 Å². The van der Waals surface area contributed by atoms with Crippen LogP contribution in [0.1, 0.15) is 52.4 Å². The molecule has 162 valence electrons. The third-order valence-corrected chi connectivity index (χ3v) is 4.60. The Bertz CT molecular complexity index is 846. The van der Waals surface area contributed by atoms with Gasteiger partial charge in [0, 0.05) is 18.0 Å². The number of carbonyl (C=O) groups is 1. The van der Waals surface area contributed by atoms with Gasteiger partial charge < -0.3 is 10.1 Å². The lowest BCUT2D eigenvalue weighted by Gasteiger charge is -2.06. The van der Waals surface area contributed by atoms with Gasteiger partial charge in [0.2, 0.25) is 5.88 Å². The summed E-state index contributed by atoms with van der Waals surface area (Å²) in [7, 11) is 0. The predicted octanol–water partition coefficient (Wildman–Crippen LogP) is 6.14. The fourth-order valence-electron chi connectivity index (χ4n) is 2.90. The van der Waals surface area contributed by atoms with Gasteiger partial charge in [0.25, 0.3) is 5.91 Å². The first-order valence-electron chi connectivity index (χ1n) is 10.9. The molecule has 0 bridgehead atoms. The van der Waals surface area contributed by atoms with Gasteiger partial charge in [-0.05, 0) is 43.4 Å². The van der Waals surface area contributed by atoms with Crippen LogP contribution in [0.3, 0.4) is 0 Å². The normalized spacial score (nSPS) is 12.1. The Labute approximate surface area is 179 Å². The summed E-state index contributed by atoms with van der Waals surface area (Å²) in [4.78, 5) is 16.0. The number of hydrogen-bond acceptors (Lipinski definition) is 3. The maximum absolute atomic E-state index is 13.6. The van der Waals surface area contributed by atoms with E-state index in [1.807, 2.05) is 56.3 Å². The molecule has 0 atom stereocenters. The molecule has 30 heavy (non-hydrogen) atoms. The summed E-state index contributed by atoms with van der Waals surface area (Å²) in [5.74, 6) is -0.404. The van der Waals surface area contributed by atoms with Gasteiger partial charge in [-0.15, -0.1) is 0 Å². The van der Waals surface area contributed by atoms with Crippen molar-refractivity contribution in [2.75, 3.05) is 13.2 Å². The van der Waals surface area contributed by atoms with Gasteiger partial charge in [-0.3, -0.25) is 4.79 Å². The average Bonchev–Trinajstić information content (AvgIpc) is 2.75. The molecule has 0 unspecified atom stereocenters. The number of ether oxygens (including phenoxy) is 1. The second-order valence-corrected chi connectivity index (χ2v) is 7.79. The van der Waals surface area contributed by atoms with Gasteiger partial charge >= 0.3 is 0 Å². The van der Waals surface area contributed by atoms with Crippen LogP contribution < -0.4 is 10.1 Å². The molecule has 0 radical (unpaired) electrons. The van der Waals surface area contributed by atoms with Gasteiger partial charge in [-0.25, -0.2) is 9.37 Å². The number of para-hydroxylation sites is 1. The van der Waals surface area contributed by atoms with Crippen molar-refractivity contribution in [2.24, 2.45) is 5.92 Å². The molecule has 1 heterocycles. The third kappa shape index (κ3) is 9.21. The molecular formula is C25H33FN2O2. The SMILES string of the molecule is CC(C)CNC(=O)/C(F)=C\C=C/CCCCCCCOc1ccc2ccccc2n1. The number of allylic oxidation sites excluding steroid dienone is 3. The molecule has 2 aromatic rings. The first-order valence-corrected chi connectivity index (χ1v) is 10.9. The summed E-state index contributed by atoms with van der Waals surface area (Å²) in [5.41, 5.74) is 0.953. The number of hydrogen-bond donors (Lipinski definition) is 1. The molecule has 0 fully saturated rings. The Kier molecular flexibility index (Phi) is 10.6. The Morgan fingerprint density at radius 3 is 2.70 bits per heavy atom. The number of carbonyl (C=O) groups excluding carboxylic acids is 1. The zero-order valence-corrected chi connectivity index (χ0v) is 18.1. The highest BCUT2D eigenvalue weighted by molar-refractivity contribution is 5.91. The number of aromatic nitrogens is 1. The van der Waals surface area contributed by atoms with E-state index in [0.717, 1.165) is 49.4 Å². The molecule has 0 aliphatic rings. The smallest absolute Gasteiger partial charge is 0.280 e. The molecule has 0 aliphatic carbocycles. The molecular weight excluding hydrogens is 379 g/mol. The van der Waals surface area contributed by atoms with E-state index in [0.29, 0.717) is 24.9 Å². The molecule has 2 rings (SSSR count). The van der Waals surface area contributed by atoms with E-state index in [1.54, 1.807) is 6.08 Å². The lowest BCUT2D eigenvalue weighted by molar-refractivity contribution is -0.119. The number of amides is 1. The second kappa shape index (κ2) is 13.5. The van der Waals surface area contributed by atoms with Crippen LogP contribution in [-0.4, -0.2) is 24.0 Å². The number of benzene rings is 1. The van der Waals surface area contributed by atoms with Gasteiger partial charge in [-0.1, -0.05) is 63.5 Å². The van der Waals surface area contributed by atoms with Gasteiger partial charge in [0.1, 0.15) is 0 Å². The predicted molar refractivity (Wildman–Crippen MR) is 121 cm³/mol. The molecule has 4 nitrogen and oxygen atoms in total. The van der Waals surface area contributed by atoms with Gasteiger partial charge in [0.15, 0.2) is 5.83 Å². The van der Waals surface area contributed by atoms with E-state index in [-0.39, 0.29) is 0 Å². The molecule has 1 amide bonds. The third-order valence-electron chi connectivity index (χ3n) is 4.60. The molecule has 0 saturated carbocycles. The highest BCUT2D eigenvalue weighted by Crippen LogP contribution is 2.16. The minimum atomic E-state index is -0.743. The molecule has 1 aromatic carbocycles. The summed E-state index contributed by atoms with van der Waals surface area (Å²) in [5, 5.41) is 3.67. The van der Waals surface area contributed by atoms with Crippen LogP contribution in [0, 0.1) is 5.92 Å². The number of unbranched alkanes of at least 4 members (excludes halogenated alkanes) is 5. The molecule has 5 heteroatoms. The summed E-state index contributed by atoms with van der Waals surface area (Å²) in [6, 6.07) is 12.0. The van der Waals surface area contributed by atoms with Gasteiger partial charge in [0.05, 0.1) is 12.1 Å². The summed E-state index contributed by atoms with van der Waals surface area (Å²) < 4.78 is 19.3. The zero-order chi connectivity index (χ0) is 21.6. The maximum atomic E-state index is 13.6. The summed E-state index contributed by atoms with van der Waals surface area (Å²) in [6.45, 7) is 5.09. The quantitative estimate of drug-likeness (QED) is 0.244. The fraction of sp³-hybridized carbons (Fsp3) is 0.440. The minimum Gasteiger partial charge on any atom is -0.478 e. The minimum absolute atomic E-state index is 0.305. The van der Waals surface area contributed by atoms with Crippen molar-refractivity contribution in [1.29, 1.82) is 0 Å². The standard InChI is InChI=1S/C25H33FN2O2/c1-20(2)19-27-25(29)22(26)14-9-7-5-3-4-6-8-12-18-30-24-17-16-21-13-10-11-15-23(21)28-24/h7,9-11,13-17,20H,3-6,8,12,18-19H2,1-2H3,(H,27,29)/b9-7-,22-14+. The first kappa shape index (κ1) is 23.6. The summed E-state index contributed by atoms with van der Waals surface area (Å²) in [6.07, 6.45) is 11.1. The number of nitrogens with one attached hydrogen (secondary N) is 1. The van der Waals surface area contributed by atoms with Crippen LogP contribution in [0.5, 0.6) is 5.88 Å². The molecule has 0 spiro atoms. The van der Waals surface area contributed by atoms with Crippen LogP contribution in [-0.2, 0) is 4.79 Å². The van der Waals surface area contributed by atoms with Crippen LogP contribution in [0.2, 0.25) is 0 Å². The van der Waals surface area contributed by atoms with E-state index >= 15 is 0 Å². The average molecular weight is 413 g/mol. The maximum Gasteiger partial charge on any atom is 0.280 e. The lowest BCUT2D eigenvalue weighted by Crippen LogP contribution is -2.27. The molecule has 0 aliphatic heterocycles. The van der Waals surface area contributed by atoms with Crippen molar-refractivity contribution < 1.29 is 13.9 Å². The van der Waals surface area contributed by atoms with E-state index in [1.165, 1.54) is 6.08 Å². The Hall–Kier alpha value is -2.69. The topological polar surface area (TPSA) is 51.2 Å². The van der Waals surface area contributed by atoms with E-state index < -0.39 is 11.7 Å². The van der Waals surface area contributed by atoms with E-state index in [2.05, 4.69) is 10.3 Å². The Morgan fingerprint density at radius 2 is 1.87 bits per heavy atom. The summed E-state index contributed by atoms with van der Waals surface area (Å²) >= 11 is 0. The fourth-order valence-corrected chi connectivity index (χ4v) is 2.90. The highest BCUT2D eigenvalue weighted by atomic mass is 19.1. The Balaban J connectivity index is 1.50. The highest BCUT2D eigenvalue weighted by Gasteiger charge is 2.07. The monoisotopic (exact) mass is 412 g/mol. The van der Waals surface area contributed by atoms with Crippen molar-refractivity contribution >= 4 is 16.8 Å². The second-order valence-electron chi connectivity index (χ2n) is 7.79. The van der Waals surface area contributed by atoms with Crippen LogP contribution >= 0.6 is 0 Å². The van der Waals surface area contributed by atoms with Crippen molar-refractivity contribution in [1.82, 2.24) is 10.3 Å². The number of halogens is 1. The molecule has 0 saturated heterocycles. The van der Waals surface area contributed by atoms with Crippen molar-refractivity contribution in [3.05, 3.63) is 60.5 Å². The van der Waals surface area contributed by atoms with Crippen molar-refractivity contribution in [3.63, 3.8) is 0 Å². The number of nitrogens with zero attached hydrogens (tertiary/aromatic N) is 1. The largest absolute Gasteiger partial charge is 0.478 e.